The van der Waals surface area contributed by atoms with Gasteiger partial charge in [-0.3, -0.25) is 19.1 Å². The first-order valence-electron chi connectivity index (χ1n) is 10.3. The molecule has 9 heteroatoms. The largest absolute Gasteiger partial charge is 0.454 e. The second-order valence-corrected chi connectivity index (χ2v) is 7.23. The van der Waals surface area contributed by atoms with Crippen LogP contribution >= 0.6 is 0 Å². The number of H-pyrrole nitrogens is 1. The normalized spacial score (nSPS) is 12.2. The number of carbonyl (C=O) groups excluding carboxylic acids is 1. The molecule has 1 aliphatic heterocycles. The number of aromatic amines is 1. The Hall–Kier alpha value is -3.23. The fourth-order valence-electron chi connectivity index (χ4n) is 3.44. The van der Waals surface area contributed by atoms with Crippen LogP contribution in [0.4, 0.5) is 11.5 Å². The van der Waals surface area contributed by atoms with Crippen molar-refractivity contribution in [2.45, 2.75) is 52.5 Å². The minimum Gasteiger partial charge on any atom is -0.454 e. The Bertz CT molecular complexity index is 1030. The highest BCUT2D eigenvalue weighted by molar-refractivity contribution is 5.95. The van der Waals surface area contributed by atoms with Crippen molar-refractivity contribution < 1.29 is 14.3 Å². The van der Waals surface area contributed by atoms with Crippen molar-refractivity contribution in [2.75, 3.05) is 24.0 Å². The molecule has 30 heavy (non-hydrogen) atoms. The summed E-state index contributed by atoms with van der Waals surface area (Å²) in [5, 5.41) is 0. The third-order valence-electron chi connectivity index (χ3n) is 5.03. The highest BCUT2D eigenvalue weighted by atomic mass is 16.7. The van der Waals surface area contributed by atoms with Gasteiger partial charge in [0.1, 0.15) is 5.82 Å². The Morgan fingerprint density at radius 1 is 1.20 bits per heavy atom. The highest BCUT2D eigenvalue weighted by Crippen LogP contribution is 2.33. The zero-order chi connectivity index (χ0) is 21.7. The molecular formula is C21H28N4O5. The molecule has 0 unspecified atom stereocenters. The molecule has 0 bridgehead atoms. The van der Waals surface area contributed by atoms with Crippen molar-refractivity contribution in [1.29, 1.82) is 0 Å². The summed E-state index contributed by atoms with van der Waals surface area (Å²) in [5.74, 6) is 1.15. The number of aromatic nitrogens is 2. The first kappa shape index (κ1) is 21.5. The number of unbranched alkanes of at least 4 members (excludes halogenated alkanes) is 1. The summed E-state index contributed by atoms with van der Waals surface area (Å²) in [5.41, 5.74) is 5.94. The average molecular weight is 416 g/mol. The molecule has 0 spiro atoms. The number of aryl methyl sites for hydroxylation is 1. The SMILES string of the molecule is CCCCN(C(=O)CCc1ccc2c(c1)OCO2)c1c(N)n(CCC)c(=O)[nH]c1=O. The number of rotatable bonds is 9. The lowest BCUT2D eigenvalue weighted by Crippen LogP contribution is -2.41. The number of nitrogens with two attached hydrogens (primary N) is 1. The fraction of sp³-hybridized carbons (Fsp3) is 0.476. The third-order valence-corrected chi connectivity index (χ3v) is 5.03. The average Bonchev–Trinajstić information content (AvgIpc) is 3.19. The molecule has 0 aliphatic carbocycles. The van der Waals surface area contributed by atoms with Gasteiger partial charge in [0.15, 0.2) is 17.2 Å². The molecule has 0 fully saturated rings. The Labute approximate surface area is 174 Å². The van der Waals surface area contributed by atoms with Gasteiger partial charge in [-0.25, -0.2) is 4.79 Å². The van der Waals surface area contributed by atoms with Crippen molar-refractivity contribution >= 4 is 17.4 Å². The van der Waals surface area contributed by atoms with Gasteiger partial charge in [-0.05, 0) is 37.0 Å². The summed E-state index contributed by atoms with van der Waals surface area (Å²) in [7, 11) is 0. The van der Waals surface area contributed by atoms with E-state index in [0.717, 1.165) is 12.0 Å². The zero-order valence-electron chi connectivity index (χ0n) is 17.4. The topological polar surface area (TPSA) is 120 Å². The van der Waals surface area contributed by atoms with Gasteiger partial charge >= 0.3 is 5.69 Å². The monoisotopic (exact) mass is 416 g/mol. The number of carbonyl (C=O) groups is 1. The van der Waals surface area contributed by atoms with E-state index in [1.54, 1.807) is 0 Å². The van der Waals surface area contributed by atoms with Crippen molar-refractivity contribution in [1.82, 2.24) is 9.55 Å². The van der Waals surface area contributed by atoms with Crippen LogP contribution in [0, 0.1) is 0 Å². The van der Waals surface area contributed by atoms with E-state index in [9.17, 15) is 14.4 Å². The van der Waals surface area contributed by atoms with Crippen LogP contribution < -0.4 is 31.4 Å². The molecule has 2 heterocycles. The second kappa shape index (κ2) is 9.51. The minimum atomic E-state index is -0.641. The first-order valence-corrected chi connectivity index (χ1v) is 10.3. The van der Waals surface area contributed by atoms with E-state index in [4.69, 9.17) is 15.2 Å². The lowest BCUT2D eigenvalue weighted by Gasteiger charge is -2.24. The molecule has 1 amide bonds. The molecule has 1 aromatic carbocycles. The molecule has 0 saturated carbocycles. The van der Waals surface area contributed by atoms with Gasteiger partial charge in [0.25, 0.3) is 5.56 Å². The van der Waals surface area contributed by atoms with Crippen LogP contribution in [0.3, 0.4) is 0 Å². The lowest BCUT2D eigenvalue weighted by molar-refractivity contribution is -0.118. The van der Waals surface area contributed by atoms with Gasteiger partial charge in [-0.15, -0.1) is 0 Å². The summed E-state index contributed by atoms with van der Waals surface area (Å²) >= 11 is 0. The number of nitrogens with zero attached hydrogens (tertiary/aromatic N) is 2. The van der Waals surface area contributed by atoms with E-state index in [2.05, 4.69) is 4.98 Å². The van der Waals surface area contributed by atoms with E-state index < -0.39 is 11.2 Å². The molecule has 2 aromatic rings. The Morgan fingerprint density at radius 2 is 1.97 bits per heavy atom. The number of hydrogen-bond donors (Lipinski definition) is 2. The van der Waals surface area contributed by atoms with Gasteiger partial charge in [-0.2, -0.15) is 0 Å². The molecule has 162 valence electrons. The summed E-state index contributed by atoms with van der Waals surface area (Å²) in [6, 6.07) is 5.56. The minimum absolute atomic E-state index is 0.0260. The summed E-state index contributed by atoms with van der Waals surface area (Å²) in [6.07, 6.45) is 2.89. The Kier molecular flexibility index (Phi) is 6.81. The third kappa shape index (κ3) is 4.50. The number of benzene rings is 1. The number of nitrogen functional groups attached to an aromatic ring is 1. The van der Waals surface area contributed by atoms with E-state index in [0.29, 0.717) is 43.9 Å². The van der Waals surface area contributed by atoms with Crippen LogP contribution in [0.15, 0.2) is 27.8 Å². The zero-order valence-corrected chi connectivity index (χ0v) is 17.4. The van der Waals surface area contributed by atoms with E-state index in [-0.39, 0.29) is 30.6 Å². The molecule has 0 radical (unpaired) electrons. The summed E-state index contributed by atoms with van der Waals surface area (Å²) < 4.78 is 12.0. The molecule has 1 aromatic heterocycles. The quantitative estimate of drug-likeness (QED) is 0.645. The number of fused-ring (bicyclic) bond motifs is 1. The first-order chi connectivity index (χ1) is 14.5. The predicted octanol–water partition coefficient (Wildman–Crippen LogP) is 2.02. The van der Waals surface area contributed by atoms with Crippen molar-refractivity contribution in [2.24, 2.45) is 0 Å². The van der Waals surface area contributed by atoms with Crippen molar-refractivity contribution in [3.05, 3.63) is 44.6 Å². The molecular weight excluding hydrogens is 388 g/mol. The van der Waals surface area contributed by atoms with Crippen LogP contribution in [-0.2, 0) is 17.8 Å². The lowest BCUT2D eigenvalue weighted by atomic mass is 10.1. The summed E-state index contributed by atoms with van der Waals surface area (Å²) in [4.78, 5) is 41.5. The van der Waals surface area contributed by atoms with E-state index >= 15 is 0 Å². The van der Waals surface area contributed by atoms with E-state index in [1.165, 1.54) is 9.47 Å². The number of ether oxygens (including phenoxy) is 2. The smallest absolute Gasteiger partial charge is 0.330 e. The highest BCUT2D eigenvalue weighted by Gasteiger charge is 2.24. The van der Waals surface area contributed by atoms with Gasteiger partial charge < -0.3 is 20.1 Å². The second-order valence-electron chi connectivity index (χ2n) is 7.23. The molecule has 3 rings (SSSR count). The summed E-state index contributed by atoms with van der Waals surface area (Å²) in [6.45, 7) is 4.82. The van der Waals surface area contributed by atoms with Crippen LogP contribution in [0.5, 0.6) is 11.5 Å². The predicted molar refractivity (Wildman–Crippen MR) is 114 cm³/mol. The standard InChI is InChI=1S/C21H28N4O5/c1-3-5-11-24(18-19(22)25(10-4-2)21(28)23-20(18)27)17(26)9-7-14-6-8-15-16(12-14)30-13-29-15/h6,8,12H,3-5,7,9-11,13,22H2,1-2H3,(H,23,27,28). The van der Waals surface area contributed by atoms with Crippen molar-refractivity contribution in [3.63, 3.8) is 0 Å². The van der Waals surface area contributed by atoms with Crippen molar-refractivity contribution in [3.8, 4) is 11.5 Å². The maximum Gasteiger partial charge on any atom is 0.330 e. The van der Waals surface area contributed by atoms with E-state index in [1.807, 2.05) is 32.0 Å². The molecule has 1 aliphatic rings. The van der Waals surface area contributed by atoms with Gasteiger partial charge in [0, 0.05) is 19.5 Å². The number of nitrogens with one attached hydrogen (secondary N) is 1. The molecule has 0 atom stereocenters. The number of anilines is 2. The van der Waals surface area contributed by atoms with Gasteiger partial charge in [0.2, 0.25) is 12.7 Å². The Balaban J connectivity index is 1.85. The molecule has 3 N–H and O–H groups in total. The maximum atomic E-state index is 13.1. The van der Waals surface area contributed by atoms with Crippen LogP contribution in [0.25, 0.3) is 0 Å². The van der Waals surface area contributed by atoms with Crippen LogP contribution in [0.1, 0.15) is 45.1 Å². The fourth-order valence-corrected chi connectivity index (χ4v) is 3.44. The number of amides is 1. The molecule has 0 saturated heterocycles. The van der Waals surface area contributed by atoms with Gasteiger partial charge in [0.05, 0.1) is 0 Å². The van der Waals surface area contributed by atoms with Crippen LogP contribution in [0.2, 0.25) is 0 Å². The number of hydrogen-bond acceptors (Lipinski definition) is 6. The Morgan fingerprint density at radius 3 is 2.70 bits per heavy atom. The molecule has 9 nitrogen and oxygen atoms in total. The van der Waals surface area contributed by atoms with Gasteiger partial charge in [-0.1, -0.05) is 26.3 Å². The maximum absolute atomic E-state index is 13.1. The van der Waals surface area contributed by atoms with Crippen LogP contribution in [-0.4, -0.2) is 28.8 Å².